The molecule has 4 aromatic carbocycles. The Balaban J connectivity index is 0.00000308. The number of halogens is 1. The maximum Gasteiger partial charge on any atom is 0.191 e. The van der Waals surface area contributed by atoms with Crippen LogP contribution in [0, 0.1) is 0 Å². The van der Waals surface area contributed by atoms with E-state index in [2.05, 4.69) is 157 Å². The van der Waals surface area contributed by atoms with Crippen molar-refractivity contribution < 1.29 is 0 Å². The van der Waals surface area contributed by atoms with Gasteiger partial charge in [0.05, 0.1) is 22.0 Å². The number of hydrogen-bond acceptors (Lipinski definition) is 4. The average molecular weight is 640 g/mol. The van der Waals surface area contributed by atoms with Crippen LogP contribution >= 0.6 is 35.3 Å². The van der Waals surface area contributed by atoms with Crippen LogP contribution in [0.3, 0.4) is 0 Å². The number of thiazole rings is 1. The second-order valence-corrected chi connectivity index (χ2v) is 10.6. The van der Waals surface area contributed by atoms with Gasteiger partial charge in [0.25, 0.3) is 0 Å². The molecule has 1 aliphatic heterocycles. The van der Waals surface area contributed by atoms with E-state index < -0.39 is 0 Å². The van der Waals surface area contributed by atoms with Gasteiger partial charge in [-0.2, -0.15) is 0 Å². The molecule has 194 valence electrons. The second-order valence-electron chi connectivity index (χ2n) is 9.55. The van der Waals surface area contributed by atoms with Gasteiger partial charge in [-0.15, -0.1) is 24.0 Å². The molecule has 1 aromatic heterocycles. The first kappa shape index (κ1) is 26.9. The van der Waals surface area contributed by atoms with E-state index in [4.69, 9.17) is 4.98 Å². The maximum absolute atomic E-state index is 5.08. The SMILES string of the molecule is CN(C)c1ccc(C=CC2C=C(c3ccccc3)C=C(c3ccccc3)N2c2nc3ccccc3s2)cc1.I. The summed E-state index contributed by atoms with van der Waals surface area (Å²) in [4.78, 5) is 9.57. The molecule has 0 amide bonds. The first-order chi connectivity index (χ1) is 18.7. The van der Waals surface area contributed by atoms with E-state index in [1.807, 2.05) is 0 Å². The minimum Gasteiger partial charge on any atom is -0.378 e. The third-order valence-corrected chi connectivity index (χ3v) is 7.80. The van der Waals surface area contributed by atoms with Crippen LogP contribution in [-0.2, 0) is 0 Å². The van der Waals surface area contributed by atoms with Crippen LogP contribution in [0.5, 0.6) is 0 Å². The van der Waals surface area contributed by atoms with Crippen molar-refractivity contribution in [2.24, 2.45) is 0 Å². The summed E-state index contributed by atoms with van der Waals surface area (Å²) in [5.74, 6) is 0. The summed E-state index contributed by atoms with van der Waals surface area (Å²) >= 11 is 1.74. The Hall–Kier alpha value is -3.68. The van der Waals surface area contributed by atoms with Crippen LogP contribution in [0.1, 0.15) is 16.7 Å². The Morgan fingerprint density at radius 3 is 2.08 bits per heavy atom. The number of rotatable bonds is 6. The summed E-state index contributed by atoms with van der Waals surface area (Å²) in [6.45, 7) is 0. The number of hydrogen-bond donors (Lipinski definition) is 0. The predicted molar refractivity (Wildman–Crippen MR) is 180 cm³/mol. The maximum atomic E-state index is 5.08. The standard InChI is InChI=1S/C34H29N3S.HI/c1-36(2)29-20-17-25(18-21-29)19-22-30-23-28(26-11-5-3-6-12-26)24-32(27-13-7-4-8-14-27)37(30)34-35-31-15-9-10-16-33(31)38-34;/h3-24,30H,1-2H3;1H. The molecular weight excluding hydrogens is 609 g/mol. The highest BCUT2D eigenvalue weighted by atomic mass is 127. The molecule has 5 heteroatoms. The molecular formula is C34H30IN3S. The van der Waals surface area contributed by atoms with Crippen LogP contribution in [0.15, 0.2) is 127 Å². The number of anilines is 2. The smallest absolute Gasteiger partial charge is 0.191 e. The van der Waals surface area contributed by atoms with E-state index in [-0.39, 0.29) is 30.0 Å². The lowest BCUT2D eigenvalue weighted by molar-refractivity contribution is 0.940. The molecule has 1 aliphatic rings. The van der Waals surface area contributed by atoms with Gasteiger partial charge < -0.3 is 9.80 Å². The monoisotopic (exact) mass is 639 g/mol. The van der Waals surface area contributed by atoms with E-state index in [0.29, 0.717) is 0 Å². The van der Waals surface area contributed by atoms with Crippen LogP contribution in [-0.4, -0.2) is 25.1 Å². The van der Waals surface area contributed by atoms with Crippen molar-refractivity contribution in [3.8, 4) is 0 Å². The van der Waals surface area contributed by atoms with Crippen molar-refractivity contribution >= 4 is 73.7 Å². The molecule has 6 rings (SSSR count). The number of fused-ring (bicyclic) bond motifs is 1. The molecule has 2 heterocycles. The number of para-hydroxylation sites is 1. The van der Waals surface area contributed by atoms with Gasteiger partial charge in [-0.25, -0.2) is 4.98 Å². The third kappa shape index (κ3) is 5.84. The largest absolute Gasteiger partial charge is 0.378 e. The van der Waals surface area contributed by atoms with Gasteiger partial charge in [0, 0.05) is 19.8 Å². The van der Waals surface area contributed by atoms with Crippen molar-refractivity contribution in [3.63, 3.8) is 0 Å². The molecule has 0 fully saturated rings. The molecule has 0 radical (unpaired) electrons. The van der Waals surface area contributed by atoms with E-state index >= 15 is 0 Å². The fourth-order valence-electron chi connectivity index (χ4n) is 4.75. The lowest BCUT2D eigenvalue weighted by atomic mass is 9.94. The first-order valence-electron chi connectivity index (χ1n) is 12.8. The lowest BCUT2D eigenvalue weighted by Crippen LogP contribution is -2.33. The van der Waals surface area contributed by atoms with Crippen LogP contribution < -0.4 is 9.80 Å². The molecule has 39 heavy (non-hydrogen) atoms. The van der Waals surface area contributed by atoms with Crippen molar-refractivity contribution in [1.82, 2.24) is 4.98 Å². The van der Waals surface area contributed by atoms with Crippen LogP contribution in [0.25, 0.3) is 27.6 Å². The second kappa shape index (κ2) is 12.0. The fraction of sp³-hybridized carbons (Fsp3) is 0.0882. The molecule has 0 aliphatic carbocycles. The molecule has 0 saturated carbocycles. The van der Waals surface area contributed by atoms with E-state index in [0.717, 1.165) is 16.3 Å². The highest BCUT2D eigenvalue weighted by Gasteiger charge is 2.27. The summed E-state index contributed by atoms with van der Waals surface area (Å²) in [7, 11) is 4.13. The number of benzene rings is 4. The molecule has 0 saturated heterocycles. The van der Waals surface area contributed by atoms with E-state index in [9.17, 15) is 0 Å². The minimum atomic E-state index is -0.0144. The Morgan fingerprint density at radius 2 is 1.41 bits per heavy atom. The first-order valence-corrected chi connectivity index (χ1v) is 13.6. The highest BCUT2D eigenvalue weighted by molar-refractivity contribution is 14.0. The molecule has 0 spiro atoms. The molecule has 5 aromatic rings. The highest BCUT2D eigenvalue weighted by Crippen LogP contribution is 2.40. The molecule has 1 unspecified atom stereocenters. The molecule has 0 bridgehead atoms. The Morgan fingerprint density at radius 1 is 0.769 bits per heavy atom. The van der Waals surface area contributed by atoms with Gasteiger partial charge in [-0.3, -0.25) is 0 Å². The van der Waals surface area contributed by atoms with Gasteiger partial charge in [-0.1, -0.05) is 108 Å². The normalized spacial score (nSPS) is 15.1. The summed E-state index contributed by atoms with van der Waals surface area (Å²) in [6, 6.07) is 38.3. The molecule has 0 N–H and O–H groups in total. The quantitative estimate of drug-likeness (QED) is 0.173. The van der Waals surface area contributed by atoms with Crippen molar-refractivity contribution in [2.75, 3.05) is 23.9 Å². The van der Waals surface area contributed by atoms with Crippen molar-refractivity contribution in [1.29, 1.82) is 0 Å². The molecule has 1 atom stereocenters. The number of allylic oxidation sites excluding steroid dienone is 2. The summed E-state index contributed by atoms with van der Waals surface area (Å²) < 4.78 is 1.19. The number of aromatic nitrogens is 1. The predicted octanol–water partition coefficient (Wildman–Crippen LogP) is 9.01. The van der Waals surface area contributed by atoms with Gasteiger partial charge in [-0.05, 0) is 58.7 Å². The Labute approximate surface area is 251 Å². The van der Waals surface area contributed by atoms with Gasteiger partial charge in [0.15, 0.2) is 5.13 Å². The summed E-state index contributed by atoms with van der Waals surface area (Å²) in [5, 5.41) is 0.988. The van der Waals surface area contributed by atoms with E-state index in [1.165, 1.54) is 32.7 Å². The van der Waals surface area contributed by atoms with E-state index in [1.54, 1.807) is 11.3 Å². The van der Waals surface area contributed by atoms with Gasteiger partial charge in [0.2, 0.25) is 0 Å². The summed E-state index contributed by atoms with van der Waals surface area (Å²) in [5.41, 5.74) is 8.12. The van der Waals surface area contributed by atoms with Gasteiger partial charge in [0.1, 0.15) is 0 Å². The fourth-order valence-corrected chi connectivity index (χ4v) is 5.78. The zero-order chi connectivity index (χ0) is 25.9. The van der Waals surface area contributed by atoms with Gasteiger partial charge >= 0.3 is 0 Å². The van der Waals surface area contributed by atoms with Crippen molar-refractivity contribution in [2.45, 2.75) is 6.04 Å². The zero-order valence-electron chi connectivity index (χ0n) is 21.9. The average Bonchev–Trinajstić information content (AvgIpc) is 3.40. The number of nitrogens with zero attached hydrogens (tertiary/aromatic N) is 3. The minimum absolute atomic E-state index is 0. The lowest BCUT2D eigenvalue weighted by Gasteiger charge is -2.34. The Kier molecular flexibility index (Phi) is 8.29. The zero-order valence-corrected chi connectivity index (χ0v) is 25.1. The molecule has 3 nitrogen and oxygen atoms in total. The summed E-state index contributed by atoms with van der Waals surface area (Å²) in [6.07, 6.45) is 9.15. The topological polar surface area (TPSA) is 19.4 Å². The Bertz CT molecular complexity index is 1600. The van der Waals surface area contributed by atoms with Crippen molar-refractivity contribution in [3.05, 3.63) is 144 Å². The third-order valence-electron chi connectivity index (χ3n) is 6.76. The van der Waals surface area contributed by atoms with Crippen LogP contribution in [0.4, 0.5) is 10.8 Å². The van der Waals surface area contributed by atoms with Crippen LogP contribution in [0.2, 0.25) is 0 Å².